The van der Waals surface area contributed by atoms with Crippen molar-refractivity contribution in [1.29, 1.82) is 0 Å². The molecule has 4 nitrogen and oxygen atoms in total. The second-order valence-corrected chi connectivity index (χ2v) is 2.67. The molecular weight excluding hydrogens is 185 g/mol. The summed E-state index contributed by atoms with van der Waals surface area (Å²) in [6.07, 6.45) is 3.14. The van der Waals surface area contributed by atoms with Gasteiger partial charge in [0.05, 0.1) is 18.1 Å². The third-order valence-electron chi connectivity index (χ3n) is 1.69. The van der Waals surface area contributed by atoms with Crippen LogP contribution in [0.25, 0.3) is 11.5 Å². The SMILES string of the molecule is O=Cc1cnc(-c2ccc(F)cn2)[nH]1. The second-order valence-electron chi connectivity index (χ2n) is 2.67. The summed E-state index contributed by atoms with van der Waals surface area (Å²) in [5, 5.41) is 0. The average Bonchev–Trinajstić information content (AvgIpc) is 2.67. The first kappa shape index (κ1) is 8.55. The summed E-state index contributed by atoms with van der Waals surface area (Å²) in [5.41, 5.74) is 0.866. The van der Waals surface area contributed by atoms with Gasteiger partial charge in [-0.1, -0.05) is 0 Å². The molecule has 2 aromatic heterocycles. The van der Waals surface area contributed by atoms with Crippen molar-refractivity contribution in [3.63, 3.8) is 0 Å². The van der Waals surface area contributed by atoms with Gasteiger partial charge in [0.1, 0.15) is 11.5 Å². The lowest BCUT2D eigenvalue weighted by Crippen LogP contribution is -1.86. The predicted octanol–water partition coefficient (Wildman–Crippen LogP) is 1.42. The number of aldehydes is 1. The van der Waals surface area contributed by atoms with Gasteiger partial charge in [-0.05, 0) is 12.1 Å². The Kier molecular flexibility index (Phi) is 2.06. The molecule has 2 aromatic rings. The number of halogens is 1. The van der Waals surface area contributed by atoms with Gasteiger partial charge >= 0.3 is 0 Å². The number of hydrogen-bond acceptors (Lipinski definition) is 3. The fraction of sp³-hybridized carbons (Fsp3) is 0. The maximum atomic E-state index is 12.5. The quantitative estimate of drug-likeness (QED) is 0.730. The smallest absolute Gasteiger partial charge is 0.167 e. The minimum Gasteiger partial charge on any atom is -0.334 e. The van der Waals surface area contributed by atoms with Crippen molar-refractivity contribution in [3.05, 3.63) is 36.0 Å². The molecule has 0 fully saturated rings. The lowest BCUT2D eigenvalue weighted by Gasteiger charge is -1.93. The molecular formula is C9H6FN3O. The molecule has 0 spiro atoms. The summed E-state index contributed by atoms with van der Waals surface area (Å²) in [6.45, 7) is 0. The van der Waals surface area contributed by atoms with Crippen molar-refractivity contribution in [1.82, 2.24) is 15.0 Å². The number of nitrogens with one attached hydrogen (secondary N) is 1. The van der Waals surface area contributed by atoms with E-state index in [0.29, 0.717) is 23.5 Å². The number of carbonyl (C=O) groups is 1. The highest BCUT2D eigenvalue weighted by atomic mass is 19.1. The summed E-state index contributed by atoms with van der Waals surface area (Å²) in [6, 6.07) is 2.77. The van der Waals surface area contributed by atoms with E-state index in [-0.39, 0.29) is 0 Å². The number of carbonyl (C=O) groups excluding carboxylic acids is 1. The van der Waals surface area contributed by atoms with E-state index >= 15 is 0 Å². The van der Waals surface area contributed by atoms with Crippen molar-refractivity contribution < 1.29 is 9.18 Å². The van der Waals surface area contributed by atoms with Gasteiger partial charge in [0.2, 0.25) is 0 Å². The van der Waals surface area contributed by atoms with Crippen LogP contribution in [-0.4, -0.2) is 21.2 Å². The zero-order chi connectivity index (χ0) is 9.97. The number of rotatable bonds is 2. The van der Waals surface area contributed by atoms with Crippen LogP contribution < -0.4 is 0 Å². The molecule has 5 heteroatoms. The molecule has 70 valence electrons. The maximum absolute atomic E-state index is 12.5. The highest BCUT2D eigenvalue weighted by Crippen LogP contribution is 2.11. The summed E-state index contributed by atoms with van der Waals surface area (Å²) in [4.78, 5) is 20.8. The molecule has 0 amide bonds. The van der Waals surface area contributed by atoms with E-state index in [1.807, 2.05) is 0 Å². The van der Waals surface area contributed by atoms with Gasteiger partial charge in [0, 0.05) is 0 Å². The van der Waals surface area contributed by atoms with Gasteiger partial charge in [-0.2, -0.15) is 0 Å². The molecule has 0 bridgehead atoms. The first-order valence-electron chi connectivity index (χ1n) is 3.92. The fourth-order valence-electron chi connectivity index (χ4n) is 1.04. The number of aromatic nitrogens is 3. The number of hydrogen-bond donors (Lipinski definition) is 1. The molecule has 0 radical (unpaired) electrons. The third kappa shape index (κ3) is 1.52. The molecule has 0 aliphatic heterocycles. The van der Waals surface area contributed by atoms with Crippen molar-refractivity contribution >= 4 is 6.29 Å². The van der Waals surface area contributed by atoms with E-state index in [1.54, 1.807) is 0 Å². The normalized spacial score (nSPS) is 10.1. The van der Waals surface area contributed by atoms with Crippen LogP contribution in [0.4, 0.5) is 4.39 Å². The molecule has 2 heterocycles. The first-order valence-corrected chi connectivity index (χ1v) is 3.92. The van der Waals surface area contributed by atoms with E-state index in [1.165, 1.54) is 18.3 Å². The van der Waals surface area contributed by atoms with Gasteiger partial charge in [-0.3, -0.25) is 4.79 Å². The highest BCUT2D eigenvalue weighted by Gasteiger charge is 2.03. The zero-order valence-corrected chi connectivity index (χ0v) is 7.07. The number of aromatic amines is 1. The van der Waals surface area contributed by atoms with Gasteiger partial charge in [0.15, 0.2) is 12.1 Å². The Labute approximate surface area is 78.8 Å². The summed E-state index contributed by atoms with van der Waals surface area (Å²) >= 11 is 0. The standard InChI is InChI=1S/C9H6FN3O/c10-6-1-2-8(11-3-6)9-12-4-7(5-14)13-9/h1-5H,(H,12,13). The minimum atomic E-state index is -0.407. The van der Waals surface area contributed by atoms with Crippen LogP contribution in [0.2, 0.25) is 0 Å². The van der Waals surface area contributed by atoms with E-state index in [2.05, 4.69) is 15.0 Å². The zero-order valence-electron chi connectivity index (χ0n) is 7.07. The van der Waals surface area contributed by atoms with Crippen LogP contribution in [0.3, 0.4) is 0 Å². The lowest BCUT2D eigenvalue weighted by molar-refractivity contribution is 0.111. The fourth-order valence-corrected chi connectivity index (χ4v) is 1.04. The van der Waals surface area contributed by atoms with Gasteiger partial charge in [0.25, 0.3) is 0 Å². The van der Waals surface area contributed by atoms with Crippen molar-refractivity contribution in [2.24, 2.45) is 0 Å². The second kappa shape index (κ2) is 3.37. The Morgan fingerprint density at radius 1 is 1.29 bits per heavy atom. The molecule has 0 aromatic carbocycles. The Balaban J connectivity index is 2.39. The van der Waals surface area contributed by atoms with E-state index in [0.717, 1.165) is 6.20 Å². The molecule has 0 saturated heterocycles. The lowest BCUT2D eigenvalue weighted by atomic mass is 10.3. The molecule has 0 atom stereocenters. The average molecular weight is 191 g/mol. The highest BCUT2D eigenvalue weighted by molar-refractivity contribution is 5.72. The Hall–Kier alpha value is -2.04. The van der Waals surface area contributed by atoms with Crippen LogP contribution in [0, 0.1) is 5.82 Å². The first-order chi connectivity index (χ1) is 6.79. The topological polar surface area (TPSA) is 58.6 Å². The van der Waals surface area contributed by atoms with Gasteiger partial charge < -0.3 is 4.98 Å². The van der Waals surface area contributed by atoms with Crippen molar-refractivity contribution in [3.8, 4) is 11.5 Å². The molecule has 0 saturated carbocycles. The van der Waals surface area contributed by atoms with Crippen molar-refractivity contribution in [2.45, 2.75) is 0 Å². The predicted molar refractivity (Wildman–Crippen MR) is 47.2 cm³/mol. The molecule has 2 rings (SSSR count). The van der Waals surface area contributed by atoms with E-state index in [4.69, 9.17) is 0 Å². The Morgan fingerprint density at radius 3 is 2.71 bits per heavy atom. The largest absolute Gasteiger partial charge is 0.334 e. The minimum absolute atomic E-state index is 0.367. The van der Waals surface area contributed by atoms with Gasteiger partial charge in [-0.25, -0.2) is 14.4 Å². The maximum Gasteiger partial charge on any atom is 0.167 e. The Bertz CT molecular complexity index is 449. The third-order valence-corrected chi connectivity index (χ3v) is 1.69. The number of imidazole rings is 1. The van der Waals surface area contributed by atoms with Crippen molar-refractivity contribution in [2.75, 3.05) is 0 Å². The molecule has 0 unspecified atom stereocenters. The van der Waals surface area contributed by atoms with E-state index < -0.39 is 5.82 Å². The van der Waals surface area contributed by atoms with Gasteiger partial charge in [-0.15, -0.1) is 0 Å². The number of pyridine rings is 1. The number of H-pyrrole nitrogens is 1. The summed E-state index contributed by atoms with van der Waals surface area (Å²) in [7, 11) is 0. The molecule has 0 aliphatic carbocycles. The van der Waals surface area contributed by atoms with E-state index in [9.17, 15) is 9.18 Å². The monoisotopic (exact) mass is 191 g/mol. The van der Waals surface area contributed by atoms with Crippen LogP contribution in [0.1, 0.15) is 10.5 Å². The summed E-state index contributed by atoms with van der Waals surface area (Å²) < 4.78 is 12.5. The van der Waals surface area contributed by atoms with Crippen LogP contribution in [0.15, 0.2) is 24.5 Å². The molecule has 0 aliphatic rings. The van der Waals surface area contributed by atoms with Crippen LogP contribution in [0.5, 0.6) is 0 Å². The summed E-state index contributed by atoms with van der Waals surface area (Å²) in [5.74, 6) is 0.0445. The number of nitrogens with zero attached hydrogens (tertiary/aromatic N) is 2. The molecule has 1 N–H and O–H groups in total. The van der Waals surface area contributed by atoms with Crippen LogP contribution >= 0.6 is 0 Å². The molecule has 14 heavy (non-hydrogen) atoms. The Morgan fingerprint density at radius 2 is 2.14 bits per heavy atom. The van der Waals surface area contributed by atoms with Crippen LogP contribution in [-0.2, 0) is 0 Å².